The number of methoxy groups -OCH3 is 1. The molecule has 1 saturated heterocycles. The minimum atomic E-state index is -0.390. The molecular weight excluding hydrogens is 475 g/mol. The first-order valence-corrected chi connectivity index (χ1v) is 11.2. The molecule has 1 aliphatic heterocycles. The zero-order valence-corrected chi connectivity index (χ0v) is 19.4. The third-order valence-corrected chi connectivity index (χ3v) is 6.11. The molecule has 0 amide bonds. The molecule has 0 spiro atoms. The van der Waals surface area contributed by atoms with Crippen LogP contribution in [0.4, 0.5) is 4.39 Å². The number of morpholine rings is 1. The molecule has 5 nitrogen and oxygen atoms in total. The number of benzene rings is 2. The summed E-state index contributed by atoms with van der Waals surface area (Å²) >= 11 is 9.68. The summed E-state index contributed by atoms with van der Waals surface area (Å²) in [6.07, 6.45) is 1.08. The van der Waals surface area contributed by atoms with Crippen molar-refractivity contribution in [3.8, 4) is 11.5 Å². The topological polar surface area (TPSA) is 43.0 Å². The summed E-state index contributed by atoms with van der Waals surface area (Å²) in [5, 5.41) is 3.81. The Balaban J connectivity index is 1.53. The van der Waals surface area contributed by atoms with Crippen molar-refractivity contribution in [3.63, 3.8) is 0 Å². The van der Waals surface area contributed by atoms with Gasteiger partial charge in [-0.3, -0.25) is 4.90 Å². The monoisotopic (exact) mass is 500 g/mol. The van der Waals surface area contributed by atoms with Gasteiger partial charge in [-0.15, -0.1) is 0 Å². The van der Waals surface area contributed by atoms with Gasteiger partial charge in [0, 0.05) is 29.7 Å². The molecule has 0 aromatic heterocycles. The molecule has 0 atom stereocenters. The van der Waals surface area contributed by atoms with Gasteiger partial charge in [-0.1, -0.05) is 33.6 Å². The van der Waals surface area contributed by atoms with Crippen molar-refractivity contribution in [2.24, 2.45) is 0 Å². The molecule has 3 rings (SSSR count). The Hall–Kier alpha value is -1.38. The quantitative estimate of drug-likeness (QED) is 0.481. The van der Waals surface area contributed by atoms with Crippen LogP contribution in [0.15, 0.2) is 34.8 Å². The van der Waals surface area contributed by atoms with Crippen molar-refractivity contribution in [2.45, 2.75) is 19.6 Å². The lowest BCUT2D eigenvalue weighted by Crippen LogP contribution is -2.37. The summed E-state index contributed by atoms with van der Waals surface area (Å²) in [5.74, 6) is 0.731. The third kappa shape index (κ3) is 6.56. The molecule has 0 aliphatic carbocycles. The molecule has 164 valence electrons. The van der Waals surface area contributed by atoms with Crippen molar-refractivity contribution in [3.05, 3.63) is 56.8 Å². The lowest BCUT2D eigenvalue weighted by atomic mass is 10.2. The number of nitrogens with one attached hydrogen (secondary N) is 1. The fraction of sp³-hybridized carbons (Fsp3) is 0.455. The fourth-order valence-corrected chi connectivity index (χ4v) is 3.96. The number of rotatable bonds is 10. The van der Waals surface area contributed by atoms with E-state index in [0.29, 0.717) is 28.6 Å². The van der Waals surface area contributed by atoms with E-state index in [2.05, 4.69) is 26.1 Å². The predicted octanol–water partition coefficient (Wildman–Crippen LogP) is 4.64. The second-order valence-electron chi connectivity index (χ2n) is 7.07. The Kier molecular flexibility index (Phi) is 9.21. The highest BCUT2D eigenvalue weighted by Gasteiger charge is 2.14. The molecule has 0 unspecified atom stereocenters. The van der Waals surface area contributed by atoms with Crippen molar-refractivity contribution in [1.82, 2.24) is 10.2 Å². The maximum atomic E-state index is 14.0. The van der Waals surface area contributed by atoms with Gasteiger partial charge in [0.25, 0.3) is 0 Å². The molecule has 8 heteroatoms. The number of ether oxygens (including phenoxy) is 3. The summed E-state index contributed by atoms with van der Waals surface area (Å²) in [5.41, 5.74) is 1.39. The minimum Gasteiger partial charge on any atom is -0.493 e. The van der Waals surface area contributed by atoms with Gasteiger partial charge >= 0.3 is 0 Å². The summed E-state index contributed by atoms with van der Waals surface area (Å²) < 4.78 is 31.5. The van der Waals surface area contributed by atoms with E-state index in [0.717, 1.165) is 55.8 Å². The van der Waals surface area contributed by atoms with Crippen LogP contribution >= 0.6 is 27.5 Å². The summed E-state index contributed by atoms with van der Waals surface area (Å²) in [6, 6.07) is 8.35. The van der Waals surface area contributed by atoms with Crippen molar-refractivity contribution in [2.75, 3.05) is 46.5 Å². The number of hydrogen-bond acceptors (Lipinski definition) is 5. The van der Waals surface area contributed by atoms with E-state index in [1.54, 1.807) is 19.2 Å². The van der Waals surface area contributed by atoms with Crippen LogP contribution < -0.4 is 14.8 Å². The summed E-state index contributed by atoms with van der Waals surface area (Å²) in [7, 11) is 1.59. The molecule has 0 radical (unpaired) electrons. The molecule has 0 saturated carbocycles. The van der Waals surface area contributed by atoms with E-state index < -0.39 is 5.82 Å². The van der Waals surface area contributed by atoms with Gasteiger partial charge in [-0.25, -0.2) is 4.39 Å². The highest BCUT2D eigenvalue weighted by atomic mass is 79.9. The maximum absolute atomic E-state index is 14.0. The Morgan fingerprint density at radius 2 is 2.03 bits per heavy atom. The zero-order chi connectivity index (χ0) is 21.3. The molecular formula is C22H27BrClFN2O3. The van der Waals surface area contributed by atoms with E-state index in [-0.39, 0.29) is 6.61 Å². The number of nitrogens with zero attached hydrogens (tertiary/aromatic N) is 1. The van der Waals surface area contributed by atoms with Crippen molar-refractivity contribution >= 4 is 27.5 Å². The van der Waals surface area contributed by atoms with Crippen LogP contribution in [0.3, 0.4) is 0 Å². The zero-order valence-electron chi connectivity index (χ0n) is 17.1. The molecule has 1 N–H and O–H groups in total. The second kappa shape index (κ2) is 11.9. The molecule has 1 fully saturated rings. The van der Waals surface area contributed by atoms with Crippen LogP contribution in [0.25, 0.3) is 0 Å². The van der Waals surface area contributed by atoms with Gasteiger partial charge in [0.1, 0.15) is 12.4 Å². The van der Waals surface area contributed by atoms with Gasteiger partial charge in [-0.2, -0.15) is 0 Å². The van der Waals surface area contributed by atoms with Gasteiger partial charge in [-0.05, 0) is 49.3 Å². The highest BCUT2D eigenvalue weighted by Crippen LogP contribution is 2.34. The first-order chi connectivity index (χ1) is 14.6. The highest BCUT2D eigenvalue weighted by molar-refractivity contribution is 9.10. The lowest BCUT2D eigenvalue weighted by molar-refractivity contribution is 0.0374. The molecule has 30 heavy (non-hydrogen) atoms. The van der Waals surface area contributed by atoms with Crippen molar-refractivity contribution in [1.29, 1.82) is 0 Å². The first kappa shape index (κ1) is 23.3. The molecule has 1 heterocycles. The summed E-state index contributed by atoms with van der Waals surface area (Å²) in [4.78, 5) is 2.43. The van der Waals surface area contributed by atoms with E-state index in [4.69, 9.17) is 25.8 Å². The first-order valence-electron chi connectivity index (χ1n) is 10.0. The molecule has 0 bridgehead atoms. The van der Waals surface area contributed by atoms with Crippen LogP contribution in [0, 0.1) is 5.82 Å². The SMILES string of the molecule is COc1cc(CNCCCN2CCOCC2)c(Br)cc1OCc1c(F)cccc1Cl. The van der Waals surface area contributed by atoms with Crippen molar-refractivity contribution < 1.29 is 18.6 Å². The molecule has 1 aliphatic rings. The van der Waals surface area contributed by atoms with Crippen LogP contribution in [0.5, 0.6) is 11.5 Å². The van der Waals surface area contributed by atoms with E-state index in [9.17, 15) is 4.39 Å². The Bertz CT molecular complexity index is 814. The van der Waals surface area contributed by atoms with Gasteiger partial charge in [0.05, 0.1) is 25.3 Å². The fourth-order valence-electron chi connectivity index (χ4n) is 3.28. The van der Waals surface area contributed by atoms with Crippen LogP contribution in [-0.2, 0) is 17.9 Å². The van der Waals surface area contributed by atoms with E-state index in [1.807, 2.05) is 12.1 Å². The average Bonchev–Trinajstić information content (AvgIpc) is 2.75. The van der Waals surface area contributed by atoms with Gasteiger partial charge < -0.3 is 19.5 Å². The maximum Gasteiger partial charge on any atom is 0.162 e. The second-order valence-corrected chi connectivity index (χ2v) is 8.33. The van der Waals surface area contributed by atoms with Crippen LogP contribution in [-0.4, -0.2) is 51.4 Å². The van der Waals surface area contributed by atoms with Crippen LogP contribution in [0.2, 0.25) is 5.02 Å². The minimum absolute atomic E-state index is 0.0213. The number of hydrogen-bond donors (Lipinski definition) is 1. The number of halogens is 3. The average molecular weight is 502 g/mol. The molecule has 2 aromatic carbocycles. The Morgan fingerprint density at radius 1 is 1.23 bits per heavy atom. The smallest absolute Gasteiger partial charge is 0.162 e. The van der Waals surface area contributed by atoms with E-state index >= 15 is 0 Å². The third-order valence-electron chi connectivity index (χ3n) is 5.01. The Morgan fingerprint density at radius 3 is 2.77 bits per heavy atom. The Labute approximate surface area is 190 Å². The predicted molar refractivity (Wildman–Crippen MR) is 120 cm³/mol. The van der Waals surface area contributed by atoms with Crippen LogP contribution in [0.1, 0.15) is 17.5 Å². The summed E-state index contributed by atoms with van der Waals surface area (Å²) in [6.45, 7) is 6.43. The molecule has 2 aromatic rings. The van der Waals surface area contributed by atoms with Gasteiger partial charge in [0.15, 0.2) is 11.5 Å². The lowest BCUT2D eigenvalue weighted by Gasteiger charge is -2.26. The largest absolute Gasteiger partial charge is 0.493 e. The van der Waals surface area contributed by atoms with Gasteiger partial charge in [0.2, 0.25) is 0 Å². The normalized spacial score (nSPS) is 14.7. The van der Waals surface area contributed by atoms with E-state index in [1.165, 1.54) is 6.07 Å². The standard InChI is InChI=1S/C22H27BrClFN2O3/c1-28-21-12-16(14-26-6-3-7-27-8-10-29-11-9-27)18(23)13-22(21)30-15-17-19(24)4-2-5-20(17)25/h2,4-5,12-13,26H,3,6-11,14-15H2,1H3.